The highest BCUT2D eigenvalue weighted by Crippen LogP contribution is 2.64. The maximum absolute atomic E-state index is 13.6. The minimum Gasteiger partial charge on any atom is -0.393 e. The molecule has 0 saturated heterocycles. The van der Waals surface area contributed by atoms with Crippen LogP contribution in [0, 0.1) is 35.5 Å². The first-order valence-electron chi connectivity index (χ1n) is 11.9. The van der Waals surface area contributed by atoms with E-state index < -0.39 is 0 Å². The minimum absolute atomic E-state index is 0.162. The molecule has 0 aliphatic heterocycles. The van der Waals surface area contributed by atoms with Crippen molar-refractivity contribution in [3.05, 3.63) is 34.7 Å². The van der Waals surface area contributed by atoms with Gasteiger partial charge in [0.05, 0.1) is 11.8 Å². The fourth-order valence-corrected chi connectivity index (χ4v) is 7.47. The Kier molecular flexibility index (Phi) is 4.66. The Balaban J connectivity index is 1.48. The predicted molar refractivity (Wildman–Crippen MR) is 119 cm³/mol. The highest BCUT2D eigenvalue weighted by atomic mass is 16.3. The summed E-state index contributed by atoms with van der Waals surface area (Å²) in [6.07, 6.45) is 13.5. The lowest BCUT2D eigenvalue weighted by atomic mass is 9.48. The molecule has 3 fully saturated rings. The summed E-state index contributed by atoms with van der Waals surface area (Å²) >= 11 is 0. The van der Waals surface area contributed by atoms with E-state index in [1.165, 1.54) is 5.57 Å². The molecule has 3 saturated carbocycles. The molecule has 30 heavy (non-hydrogen) atoms. The third-order valence-corrected chi connectivity index (χ3v) is 9.36. The maximum Gasteiger partial charge on any atom is 0.165 e. The van der Waals surface area contributed by atoms with E-state index in [0.717, 1.165) is 68.3 Å². The quantitative estimate of drug-likeness (QED) is 0.547. The van der Waals surface area contributed by atoms with E-state index in [2.05, 4.69) is 44.2 Å². The molecule has 0 radical (unpaired) electrons. The van der Waals surface area contributed by atoms with Crippen molar-refractivity contribution in [1.29, 1.82) is 0 Å². The minimum atomic E-state index is -0.211. The lowest BCUT2D eigenvalue weighted by Gasteiger charge is -2.56. The van der Waals surface area contributed by atoms with E-state index in [0.29, 0.717) is 23.5 Å². The van der Waals surface area contributed by atoms with Gasteiger partial charge in [0.2, 0.25) is 0 Å². The molecule has 1 N–H and O–H groups in total. The number of aliphatic hydroxyl groups is 1. The average Bonchev–Trinajstić information content (AvgIpc) is 3.20. The zero-order chi connectivity index (χ0) is 21.3. The van der Waals surface area contributed by atoms with Crippen molar-refractivity contribution < 1.29 is 9.90 Å². The largest absolute Gasteiger partial charge is 0.393 e. The van der Waals surface area contributed by atoms with Gasteiger partial charge in [-0.2, -0.15) is 5.10 Å². The van der Waals surface area contributed by atoms with Crippen LogP contribution in [0.5, 0.6) is 0 Å². The second-order valence-corrected chi connectivity index (χ2v) is 10.8. The number of ketones is 1. The van der Waals surface area contributed by atoms with Gasteiger partial charge in [-0.25, -0.2) is 0 Å². The third-order valence-electron chi connectivity index (χ3n) is 9.36. The molecular formula is C26H36N2O2. The summed E-state index contributed by atoms with van der Waals surface area (Å²) in [4.78, 5) is 13.6. The van der Waals surface area contributed by atoms with E-state index in [1.54, 1.807) is 0 Å². The topological polar surface area (TPSA) is 55.1 Å². The first-order valence-corrected chi connectivity index (χ1v) is 11.9. The lowest BCUT2D eigenvalue weighted by molar-refractivity contribution is -0.130. The number of aryl methyl sites for hydroxylation is 2. The Labute approximate surface area is 180 Å². The second-order valence-electron chi connectivity index (χ2n) is 10.8. The van der Waals surface area contributed by atoms with Crippen LogP contribution in [0.3, 0.4) is 0 Å². The van der Waals surface area contributed by atoms with Crippen LogP contribution in [0.4, 0.5) is 0 Å². The highest BCUT2D eigenvalue weighted by molar-refractivity contribution is 6.06. The number of nitrogens with zero attached hydrogens (tertiary/aromatic N) is 2. The van der Waals surface area contributed by atoms with Crippen molar-refractivity contribution >= 4 is 11.9 Å². The van der Waals surface area contributed by atoms with Crippen molar-refractivity contribution in [3.63, 3.8) is 0 Å². The molecule has 5 rings (SSSR count). The summed E-state index contributed by atoms with van der Waals surface area (Å²) in [6, 6.07) is 0. The lowest BCUT2D eigenvalue weighted by Crippen LogP contribution is -2.50. The number of aliphatic hydroxyl groups excluding tert-OH is 1. The van der Waals surface area contributed by atoms with Crippen LogP contribution in [0.15, 0.2) is 23.4 Å². The van der Waals surface area contributed by atoms with Gasteiger partial charge in [0.15, 0.2) is 5.78 Å². The molecule has 6 atom stereocenters. The maximum atomic E-state index is 13.6. The van der Waals surface area contributed by atoms with Crippen LogP contribution in [0.25, 0.3) is 6.08 Å². The van der Waals surface area contributed by atoms with Gasteiger partial charge in [0.1, 0.15) is 0 Å². The van der Waals surface area contributed by atoms with E-state index in [-0.39, 0.29) is 16.9 Å². The molecule has 4 nitrogen and oxygen atoms in total. The van der Waals surface area contributed by atoms with Crippen LogP contribution < -0.4 is 0 Å². The first kappa shape index (κ1) is 20.2. The van der Waals surface area contributed by atoms with Crippen LogP contribution in [-0.2, 0) is 11.3 Å². The van der Waals surface area contributed by atoms with E-state index in [9.17, 15) is 9.90 Å². The van der Waals surface area contributed by atoms with Crippen LogP contribution in [-0.4, -0.2) is 26.8 Å². The van der Waals surface area contributed by atoms with Gasteiger partial charge in [0, 0.05) is 23.7 Å². The molecule has 0 amide bonds. The molecule has 4 heteroatoms. The molecule has 0 bridgehead atoms. The summed E-state index contributed by atoms with van der Waals surface area (Å²) in [5.41, 5.74) is 4.62. The number of hydrogen-bond acceptors (Lipinski definition) is 3. The molecule has 0 spiro atoms. The Morgan fingerprint density at radius 1 is 1.20 bits per heavy atom. The van der Waals surface area contributed by atoms with Gasteiger partial charge in [-0.3, -0.25) is 9.48 Å². The molecule has 0 aromatic carbocycles. The second kappa shape index (κ2) is 6.91. The molecule has 4 aliphatic rings. The number of rotatable bonds is 2. The normalized spacial score (nSPS) is 42.0. The molecule has 162 valence electrons. The number of fused-ring (bicyclic) bond motifs is 5. The van der Waals surface area contributed by atoms with Crippen molar-refractivity contribution in [2.45, 2.75) is 85.3 Å². The summed E-state index contributed by atoms with van der Waals surface area (Å²) < 4.78 is 1.96. The summed E-state index contributed by atoms with van der Waals surface area (Å²) in [5, 5.41) is 14.8. The smallest absolute Gasteiger partial charge is 0.165 e. The molecule has 1 aromatic heterocycles. The molecule has 4 aliphatic carbocycles. The van der Waals surface area contributed by atoms with Crippen LogP contribution >= 0.6 is 0 Å². The molecule has 1 heterocycles. The first-order chi connectivity index (χ1) is 14.3. The third kappa shape index (κ3) is 2.82. The number of aromatic nitrogens is 2. The van der Waals surface area contributed by atoms with Crippen molar-refractivity contribution in [1.82, 2.24) is 9.78 Å². The Morgan fingerprint density at radius 3 is 2.70 bits per heavy atom. The Hall–Kier alpha value is -1.68. The fourth-order valence-electron chi connectivity index (χ4n) is 7.47. The molecule has 0 unspecified atom stereocenters. The number of Topliss-reactive ketones (excluding diaryl/α,β-unsaturated/α-hetero) is 1. The van der Waals surface area contributed by atoms with E-state index >= 15 is 0 Å². The zero-order valence-electron chi connectivity index (χ0n) is 18.9. The summed E-state index contributed by atoms with van der Waals surface area (Å²) in [7, 11) is 0. The highest BCUT2D eigenvalue weighted by Gasteiger charge is 2.59. The van der Waals surface area contributed by atoms with E-state index in [4.69, 9.17) is 0 Å². The summed E-state index contributed by atoms with van der Waals surface area (Å²) in [5.74, 6) is 2.06. The number of carbonyl (C=O) groups excluding carboxylic acids is 1. The van der Waals surface area contributed by atoms with Gasteiger partial charge in [-0.15, -0.1) is 0 Å². The van der Waals surface area contributed by atoms with Gasteiger partial charge in [-0.05, 0) is 93.6 Å². The average molecular weight is 409 g/mol. The van der Waals surface area contributed by atoms with Gasteiger partial charge in [0.25, 0.3) is 0 Å². The van der Waals surface area contributed by atoms with Gasteiger partial charge >= 0.3 is 0 Å². The van der Waals surface area contributed by atoms with Crippen molar-refractivity contribution in [2.75, 3.05) is 0 Å². The van der Waals surface area contributed by atoms with Gasteiger partial charge < -0.3 is 5.11 Å². The zero-order valence-corrected chi connectivity index (χ0v) is 18.9. The fraction of sp³-hybridized carbons (Fsp3) is 0.692. The number of carbonyl (C=O) groups is 1. The van der Waals surface area contributed by atoms with Crippen molar-refractivity contribution in [3.8, 4) is 0 Å². The van der Waals surface area contributed by atoms with Crippen LogP contribution in [0.2, 0.25) is 0 Å². The molecular weight excluding hydrogens is 372 g/mol. The standard InChI is InChI=1S/C26H36N2O2/c1-5-28-15-18(16(2)27-28)12-17-13-23-21-7-6-19-14-20(29)8-10-25(19,3)22(21)9-11-26(23,4)24(17)30/h6,12,15,20-23,29H,5,7-11,13-14H2,1-4H3/b17-12-/t20-,21-,22+,23+,25-,26-/m0/s1. The Bertz CT molecular complexity index is 941. The number of allylic oxidation sites excluding steroid dienone is 2. The molecule has 1 aromatic rings. The monoisotopic (exact) mass is 408 g/mol. The van der Waals surface area contributed by atoms with E-state index in [1.807, 2.05) is 11.6 Å². The van der Waals surface area contributed by atoms with Crippen molar-refractivity contribution in [2.24, 2.45) is 28.6 Å². The predicted octanol–water partition coefficient (Wildman–Crippen LogP) is 5.10. The SMILES string of the molecule is CCn1cc(/C=C2/C[C@@H]3[C@H]4CC=C5C[C@@H](O)CC[C@]5(C)[C@@H]4CC[C@]3(C)C2=O)c(C)n1. The van der Waals surface area contributed by atoms with Gasteiger partial charge in [-0.1, -0.05) is 25.5 Å². The number of hydrogen-bond donors (Lipinski definition) is 1. The Morgan fingerprint density at radius 2 is 1.97 bits per heavy atom. The summed E-state index contributed by atoms with van der Waals surface area (Å²) in [6.45, 7) is 9.67. The van der Waals surface area contributed by atoms with Crippen LogP contribution in [0.1, 0.15) is 77.0 Å².